The molecule has 0 bridgehead atoms. The third-order valence-electron chi connectivity index (χ3n) is 4.42. The zero-order chi connectivity index (χ0) is 22.4. The topological polar surface area (TPSA) is 102 Å². The molecule has 0 saturated heterocycles. The number of thiazole rings is 1. The minimum atomic E-state index is -0.582. The van der Waals surface area contributed by atoms with E-state index in [1.165, 1.54) is 41.3 Å². The molecule has 0 spiro atoms. The van der Waals surface area contributed by atoms with Gasteiger partial charge in [-0.2, -0.15) is 0 Å². The average molecular weight is 463 g/mol. The minimum absolute atomic E-state index is 0.0173. The molecular formula is C20H23FN6O2S2. The molecule has 2 heterocycles. The van der Waals surface area contributed by atoms with Gasteiger partial charge in [-0.05, 0) is 25.0 Å². The number of hydrogen-bond donors (Lipinski definition) is 2. The lowest BCUT2D eigenvalue weighted by atomic mass is 10.0. The van der Waals surface area contributed by atoms with E-state index >= 15 is 0 Å². The molecule has 2 N–H and O–H groups in total. The summed E-state index contributed by atoms with van der Waals surface area (Å²) in [5.74, 6) is -0.603. The first kappa shape index (κ1) is 22.9. The maximum absolute atomic E-state index is 14.0. The van der Waals surface area contributed by atoms with Crippen molar-refractivity contribution < 1.29 is 14.0 Å². The van der Waals surface area contributed by atoms with Crippen molar-refractivity contribution in [1.82, 2.24) is 25.1 Å². The second-order valence-electron chi connectivity index (χ2n) is 6.93. The van der Waals surface area contributed by atoms with E-state index in [1.54, 1.807) is 17.6 Å². The number of carbonyl (C=O) groups is 2. The van der Waals surface area contributed by atoms with Crippen LogP contribution < -0.4 is 10.6 Å². The molecule has 0 aliphatic rings. The summed E-state index contributed by atoms with van der Waals surface area (Å²) in [6.07, 6.45) is 1.62. The highest BCUT2D eigenvalue weighted by Gasteiger charge is 2.27. The quantitative estimate of drug-likeness (QED) is 0.470. The summed E-state index contributed by atoms with van der Waals surface area (Å²) in [6, 6.07) is 5.36. The summed E-state index contributed by atoms with van der Waals surface area (Å²) in [4.78, 5) is 28.8. The van der Waals surface area contributed by atoms with E-state index in [0.29, 0.717) is 22.7 Å². The van der Waals surface area contributed by atoms with Gasteiger partial charge in [-0.1, -0.05) is 37.7 Å². The van der Waals surface area contributed by atoms with Gasteiger partial charge in [0.1, 0.15) is 5.82 Å². The fourth-order valence-corrected chi connectivity index (χ4v) is 4.25. The van der Waals surface area contributed by atoms with Crippen molar-refractivity contribution in [3.05, 3.63) is 53.0 Å². The zero-order valence-corrected chi connectivity index (χ0v) is 19.0. The standard InChI is InChI=1S/C20H23FN6O2S2/c1-4-27-17(16(12(2)3)24-18(29)13-7-5-6-8-14(13)21)25-26-20(27)31-11-15(28)23-19-22-9-10-30-19/h5-10,12,16H,4,11H2,1-3H3,(H,24,29)(H,22,23,28)/t16-/m1/s1. The van der Waals surface area contributed by atoms with Crippen LogP contribution in [0.15, 0.2) is 41.0 Å². The summed E-state index contributed by atoms with van der Waals surface area (Å²) in [5.41, 5.74) is -0.0239. The summed E-state index contributed by atoms with van der Waals surface area (Å²) >= 11 is 2.59. The molecule has 0 saturated carbocycles. The van der Waals surface area contributed by atoms with Crippen molar-refractivity contribution >= 4 is 40.0 Å². The number of halogens is 1. The van der Waals surface area contributed by atoms with Crippen LogP contribution in [0.4, 0.5) is 9.52 Å². The number of hydrogen-bond acceptors (Lipinski definition) is 7. The fourth-order valence-electron chi connectivity index (χ4n) is 2.90. The maximum atomic E-state index is 14.0. The Morgan fingerprint density at radius 2 is 2.03 bits per heavy atom. The van der Waals surface area contributed by atoms with Gasteiger partial charge in [-0.3, -0.25) is 9.59 Å². The van der Waals surface area contributed by atoms with E-state index in [9.17, 15) is 14.0 Å². The first-order valence-electron chi connectivity index (χ1n) is 9.71. The highest BCUT2D eigenvalue weighted by Crippen LogP contribution is 2.26. The smallest absolute Gasteiger partial charge is 0.254 e. The fraction of sp³-hybridized carbons (Fsp3) is 0.350. The maximum Gasteiger partial charge on any atom is 0.254 e. The first-order chi connectivity index (χ1) is 14.9. The minimum Gasteiger partial charge on any atom is -0.342 e. The Balaban J connectivity index is 1.73. The zero-order valence-electron chi connectivity index (χ0n) is 17.3. The number of amides is 2. The van der Waals surface area contributed by atoms with Crippen LogP contribution in [0.5, 0.6) is 0 Å². The largest absolute Gasteiger partial charge is 0.342 e. The monoisotopic (exact) mass is 462 g/mol. The molecule has 31 heavy (non-hydrogen) atoms. The van der Waals surface area contributed by atoms with Gasteiger partial charge in [0.25, 0.3) is 5.91 Å². The molecule has 2 amide bonds. The second kappa shape index (κ2) is 10.5. The number of anilines is 1. The Kier molecular flexibility index (Phi) is 7.75. The van der Waals surface area contributed by atoms with Gasteiger partial charge in [0, 0.05) is 18.1 Å². The van der Waals surface area contributed by atoms with Crippen molar-refractivity contribution in [3.63, 3.8) is 0 Å². The molecule has 0 aliphatic heterocycles. The molecule has 164 valence electrons. The third kappa shape index (κ3) is 5.67. The molecule has 8 nitrogen and oxygen atoms in total. The number of nitrogens with one attached hydrogen (secondary N) is 2. The number of carbonyl (C=O) groups excluding carboxylic acids is 2. The van der Waals surface area contributed by atoms with Gasteiger partial charge >= 0.3 is 0 Å². The van der Waals surface area contributed by atoms with Gasteiger partial charge in [0.2, 0.25) is 5.91 Å². The molecule has 1 aromatic carbocycles. The van der Waals surface area contributed by atoms with Crippen molar-refractivity contribution in [2.75, 3.05) is 11.1 Å². The Morgan fingerprint density at radius 3 is 2.68 bits per heavy atom. The van der Waals surface area contributed by atoms with Crippen molar-refractivity contribution in [2.24, 2.45) is 5.92 Å². The molecule has 2 aromatic heterocycles. The van der Waals surface area contributed by atoms with Crippen LogP contribution in [0.2, 0.25) is 0 Å². The van der Waals surface area contributed by atoms with Gasteiger partial charge in [-0.15, -0.1) is 21.5 Å². The van der Waals surface area contributed by atoms with E-state index in [0.717, 1.165) is 0 Å². The van der Waals surface area contributed by atoms with Crippen molar-refractivity contribution in [1.29, 1.82) is 0 Å². The van der Waals surface area contributed by atoms with Crippen molar-refractivity contribution in [2.45, 2.75) is 38.5 Å². The highest BCUT2D eigenvalue weighted by atomic mass is 32.2. The predicted octanol–water partition coefficient (Wildman–Crippen LogP) is 3.75. The summed E-state index contributed by atoms with van der Waals surface area (Å²) in [6.45, 7) is 6.37. The van der Waals surface area contributed by atoms with Crippen LogP contribution in [0.1, 0.15) is 43.0 Å². The van der Waals surface area contributed by atoms with Crippen LogP contribution in [-0.2, 0) is 11.3 Å². The highest BCUT2D eigenvalue weighted by molar-refractivity contribution is 7.99. The Morgan fingerprint density at radius 1 is 1.26 bits per heavy atom. The number of rotatable bonds is 9. The Bertz CT molecular complexity index is 1040. The normalized spacial score (nSPS) is 12.0. The lowest BCUT2D eigenvalue weighted by Gasteiger charge is -2.22. The number of aromatic nitrogens is 4. The van der Waals surface area contributed by atoms with Crippen LogP contribution >= 0.6 is 23.1 Å². The van der Waals surface area contributed by atoms with E-state index in [1.807, 2.05) is 25.3 Å². The Labute approximate surface area is 187 Å². The van der Waals surface area contributed by atoms with Crippen LogP contribution in [-0.4, -0.2) is 37.3 Å². The predicted molar refractivity (Wildman–Crippen MR) is 119 cm³/mol. The SMILES string of the molecule is CCn1c(SCC(=O)Nc2nccs2)nnc1[C@H](NC(=O)c1ccccc1F)C(C)C. The summed E-state index contributed by atoms with van der Waals surface area (Å²) in [7, 11) is 0. The molecule has 0 aliphatic carbocycles. The summed E-state index contributed by atoms with van der Waals surface area (Å²) in [5, 5.41) is 17.0. The summed E-state index contributed by atoms with van der Waals surface area (Å²) < 4.78 is 15.9. The molecule has 0 fully saturated rings. The molecule has 3 aromatic rings. The van der Waals surface area contributed by atoms with Gasteiger partial charge < -0.3 is 15.2 Å². The molecule has 11 heteroatoms. The molecular weight excluding hydrogens is 439 g/mol. The van der Waals surface area contributed by atoms with Crippen LogP contribution in [0, 0.1) is 11.7 Å². The lowest BCUT2D eigenvalue weighted by molar-refractivity contribution is -0.113. The van der Waals surface area contributed by atoms with Gasteiger partial charge in [0.15, 0.2) is 16.1 Å². The molecule has 0 unspecified atom stereocenters. The average Bonchev–Trinajstić information content (AvgIpc) is 3.39. The molecule has 3 rings (SSSR count). The number of thioether (sulfide) groups is 1. The number of nitrogens with zero attached hydrogens (tertiary/aromatic N) is 4. The van der Waals surface area contributed by atoms with Crippen LogP contribution in [0.25, 0.3) is 0 Å². The molecule has 0 radical (unpaired) electrons. The van der Waals surface area contributed by atoms with Crippen LogP contribution in [0.3, 0.4) is 0 Å². The lowest BCUT2D eigenvalue weighted by Crippen LogP contribution is -2.34. The number of benzene rings is 1. The van der Waals surface area contributed by atoms with Gasteiger partial charge in [-0.25, -0.2) is 9.37 Å². The second-order valence-corrected chi connectivity index (χ2v) is 8.77. The van der Waals surface area contributed by atoms with E-state index in [4.69, 9.17) is 0 Å². The molecule has 1 atom stereocenters. The third-order valence-corrected chi connectivity index (χ3v) is 6.08. The van der Waals surface area contributed by atoms with E-state index < -0.39 is 17.8 Å². The first-order valence-corrected chi connectivity index (χ1v) is 11.6. The Hall–Kier alpha value is -2.79. The van der Waals surface area contributed by atoms with E-state index in [2.05, 4.69) is 25.8 Å². The van der Waals surface area contributed by atoms with Crippen molar-refractivity contribution in [3.8, 4) is 0 Å². The van der Waals surface area contributed by atoms with E-state index in [-0.39, 0.29) is 23.1 Å². The van der Waals surface area contributed by atoms with Gasteiger partial charge in [0.05, 0.1) is 17.4 Å².